The third-order valence-electron chi connectivity index (χ3n) is 3.42. The minimum Gasteiger partial charge on any atom is -0.489 e. The number of hydrogen-bond acceptors (Lipinski definition) is 4. The number of methoxy groups -OCH3 is 1. The first-order valence-electron chi connectivity index (χ1n) is 6.84. The first kappa shape index (κ1) is 15.6. The molecule has 0 saturated heterocycles. The van der Waals surface area contributed by atoms with Gasteiger partial charge in [-0.05, 0) is 54.1 Å². The molecule has 3 rings (SSSR count). The fourth-order valence-corrected chi connectivity index (χ4v) is 2.60. The number of fused-ring (bicyclic) bond motifs is 1. The van der Waals surface area contributed by atoms with Gasteiger partial charge in [0.1, 0.15) is 5.82 Å². The number of ether oxygens (including phenoxy) is 1. The van der Waals surface area contributed by atoms with E-state index >= 15 is 0 Å². The summed E-state index contributed by atoms with van der Waals surface area (Å²) in [4.78, 5) is 10.5. The van der Waals surface area contributed by atoms with Gasteiger partial charge in [-0.1, -0.05) is 17.3 Å². The molecule has 0 amide bonds. The Morgan fingerprint density at radius 1 is 1.17 bits per heavy atom. The molecule has 1 aliphatic carbocycles. The lowest BCUT2D eigenvalue weighted by atomic mass is 10.2. The van der Waals surface area contributed by atoms with Crippen molar-refractivity contribution in [3.05, 3.63) is 70.0 Å². The van der Waals surface area contributed by atoms with Crippen LogP contribution in [0.15, 0.2) is 59.7 Å². The molecule has 0 radical (unpaired) electrons. The quantitative estimate of drug-likeness (QED) is 0.605. The van der Waals surface area contributed by atoms with Gasteiger partial charge < -0.3 is 9.64 Å². The molecule has 1 aromatic heterocycles. The van der Waals surface area contributed by atoms with Crippen LogP contribution in [0.1, 0.15) is 0 Å². The smallest absolute Gasteiger partial charge is 0.224 e. The van der Waals surface area contributed by atoms with E-state index in [0.29, 0.717) is 16.6 Å². The monoisotopic (exact) mass is 345 g/mol. The highest BCUT2D eigenvalue weighted by molar-refractivity contribution is 6.31. The van der Waals surface area contributed by atoms with Gasteiger partial charge in [0.15, 0.2) is 5.76 Å². The summed E-state index contributed by atoms with van der Waals surface area (Å²) in [5, 5.41) is 1.63. The second-order valence-electron chi connectivity index (χ2n) is 4.84. The Labute approximate surface area is 144 Å². The number of anilines is 1. The van der Waals surface area contributed by atoms with E-state index in [1.807, 2.05) is 42.3 Å². The zero-order valence-electron chi connectivity index (χ0n) is 12.5. The van der Waals surface area contributed by atoms with Crippen LogP contribution in [-0.4, -0.2) is 24.1 Å². The number of rotatable bonds is 3. The summed E-state index contributed by atoms with van der Waals surface area (Å²) in [6.07, 6.45) is 7.46. The molecule has 6 heteroatoms. The minimum absolute atomic E-state index is 0.186. The molecule has 0 atom stereocenters. The molecule has 0 aliphatic heterocycles. The molecule has 0 saturated carbocycles. The van der Waals surface area contributed by atoms with Crippen molar-refractivity contribution in [3.8, 4) is 0 Å². The maximum Gasteiger partial charge on any atom is 0.224 e. The van der Waals surface area contributed by atoms with Crippen LogP contribution < -0.4 is 4.90 Å². The summed E-state index contributed by atoms with van der Waals surface area (Å²) in [6.45, 7) is 0. The third-order valence-corrected chi connectivity index (χ3v) is 3.82. The maximum absolute atomic E-state index is 6.11. The average molecular weight is 346 g/mol. The predicted octanol–water partition coefficient (Wildman–Crippen LogP) is 4.51. The lowest BCUT2D eigenvalue weighted by Gasteiger charge is -2.21. The molecular weight excluding hydrogens is 333 g/mol. The SMILES string of the molecule is COC1=C=CC=C(N(C)c2nc(Cl)nc3ccc(Cl)cc23)C=C1. The second kappa shape index (κ2) is 6.47. The van der Waals surface area contributed by atoms with Gasteiger partial charge in [0, 0.05) is 23.2 Å². The van der Waals surface area contributed by atoms with Crippen molar-refractivity contribution in [1.29, 1.82) is 0 Å². The van der Waals surface area contributed by atoms with Crippen molar-refractivity contribution in [3.63, 3.8) is 0 Å². The van der Waals surface area contributed by atoms with E-state index in [9.17, 15) is 0 Å². The summed E-state index contributed by atoms with van der Waals surface area (Å²) in [5.74, 6) is 1.32. The number of benzene rings is 1. The molecule has 1 heterocycles. The van der Waals surface area contributed by atoms with E-state index in [1.54, 1.807) is 19.3 Å². The van der Waals surface area contributed by atoms with Crippen molar-refractivity contribution < 1.29 is 4.74 Å². The first-order valence-corrected chi connectivity index (χ1v) is 7.59. The molecular formula is C17H13Cl2N3O. The molecule has 0 spiro atoms. The Morgan fingerprint density at radius 2 is 2.00 bits per heavy atom. The highest BCUT2D eigenvalue weighted by atomic mass is 35.5. The van der Waals surface area contributed by atoms with Gasteiger partial charge in [0.2, 0.25) is 5.28 Å². The summed E-state index contributed by atoms with van der Waals surface area (Å²) in [5.41, 5.74) is 4.66. The summed E-state index contributed by atoms with van der Waals surface area (Å²) in [6, 6.07) is 5.43. The van der Waals surface area contributed by atoms with Gasteiger partial charge >= 0.3 is 0 Å². The predicted molar refractivity (Wildman–Crippen MR) is 93.8 cm³/mol. The highest BCUT2D eigenvalue weighted by Gasteiger charge is 2.14. The fraction of sp³-hybridized carbons (Fsp3) is 0.118. The molecule has 0 N–H and O–H groups in total. The van der Waals surface area contributed by atoms with Crippen LogP contribution in [0.25, 0.3) is 10.9 Å². The van der Waals surface area contributed by atoms with Crippen LogP contribution in [0.2, 0.25) is 10.3 Å². The van der Waals surface area contributed by atoms with Gasteiger partial charge in [0.05, 0.1) is 12.6 Å². The second-order valence-corrected chi connectivity index (χ2v) is 5.62. The lowest BCUT2D eigenvalue weighted by molar-refractivity contribution is 0.308. The van der Waals surface area contributed by atoms with Crippen LogP contribution in [0.3, 0.4) is 0 Å². The molecule has 2 aromatic rings. The number of allylic oxidation sites excluding steroid dienone is 3. The van der Waals surface area contributed by atoms with Gasteiger partial charge in [-0.15, -0.1) is 0 Å². The van der Waals surface area contributed by atoms with Gasteiger partial charge in [-0.3, -0.25) is 0 Å². The molecule has 1 aromatic carbocycles. The number of hydrogen-bond donors (Lipinski definition) is 0. The Hall–Kier alpha value is -2.26. The normalized spacial score (nSPS) is 13.6. The van der Waals surface area contributed by atoms with Crippen LogP contribution in [-0.2, 0) is 4.74 Å². The molecule has 1 aliphatic rings. The Kier molecular flexibility index (Phi) is 4.39. The number of aromatic nitrogens is 2. The van der Waals surface area contributed by atoms with Crippen molar-refractivity contribution in [2.75, 3.05) is 19.1 Å². The molecule has 23 heavy (non-hydrogen) atoms. The standard InChI is InChI=1S/C17H13Cl2N3O/c1-22(12-4-3-5-13(23-2)8-7-12)16-14-10-11(18)6-9-15(14)20-17(19)21-16/h3-4,6-10H,1-2H3. The average Bonchev–Trinajstić information content (AvgIpc) is 2.79. The Balaban J connectivity index is 2.08. The highest BCUT2D eigenvalue weighted by Crippen LogP contribution is 2.29. The van der Waals surface area contributed by atoms with E-state index < -0.39 is 0 Å². The molecule has 0 bridgehead atoms. The zero-order valence-corrected chi connectivity index (χ0v) is 14.1. The minimum atomic E-state index is 0.186. The lowest BCUT2D eigenvalue weighted by Crippen LogP contribution is -2.17. The van der Waals surface area contributed by atoms with Crippen LogP contribution in [0, 0.1) is 0 Å². The number of likely N-dealkylation sites (N-methyl/N-ethyl adjacent to an activating group) is 1. The van der Waals surface area contributed by atoms with Crippen molar-refractivity contribution in [1.82, 2.24) is 9.97 Å². The van der Waals surface area contributed by atoms with Gasteiger partial charge in [-0.25, -0.2) is 4.98 Å². The first-order chi connectivity index (χ1) is 11.1. The van der Waals surface area contributed by atoms with E-state index in [1.165, 1.54) is 0 Å². The zero-order chi connectivity index (χ0) is 16.4. The van der Waals surface area contributed by atoms with Crippen LogP contribution in [0.5, 0.6) is 0 Å². The van der Waals surface area contributed by atoms with E-state index in [4.69, 9.17) is 27.9 Å². The van der Waals surface area contributed by atoms with Crippen molar-refractivity contribution >= 4 is 39.9 Å². The van der Waals surface area contributed by atoms with Crippen molar-refractivity contribution in [2.45, 2.75) is 0 Å². The largest absolute Gasteiger partial charge is 0.489 e. The Morgan fingerprint density at radius 3 is 2.78 bits per heavy atom. The van der Waals surface area contributed by atoms with Crippen LogP contribution >= 0.6 is 23.2 Å². The van der Waals surface area contributed by atoms with E-state index in [0.717, 1.165) is 16.6 Å². The Bertz CT molecular complexity index is 896. The topological polar surface area (TPSA) is 38.2 Å². The van der Waals surface area contributed by atoms with Crippen molar-refractivity contribution in [2.24, 2.45) is 0 Å². The number of halogens is 2. The molecule has 0 unspecified atom stereocenters. The molecule has 4 nitrogen and oxygen atoms in total. The number of nitrogens with zero attached hydrogens (tertiary/aromatic N) is 3. The van der Waals surface area contributed by atoms with E-state index in [2.05, 4.69) is 15.7 Å². The third kappa shape index (κ3) is 3.25. The van der Waals surface area contributed by atoms with Crippen LogP contribution in [0.4, 0.5) is 5.82 Å². The molecule has 0 fully saturated rings. The maximum atomic E-state index is 6.11. The summed E-state index contributed by atoms with van der Waals surface area (Å²) < 4.78 is 5.18. The summed E-state index contributed by atoms with van der Waals surface area (Å²) >= 11 is 12.2. The van der Waals surface area contributed by atoms with Gasteiger partial charge in [-0.2, -0.15) is 4.98 Å². The van der Waals surface area contributed by atoms with Gasteiger partial charge in [0.25, 0.3) is 0 Å². The molecule has 116 valence electrons. The van der Waals surface area contributed by atoms with E-state index in [-0.39, 0.29) is 5.28 Å². The fourth-order valence-electron chi connectivity index (χ4n) is 2.26. The summed E-state index contributed by atoms with van der Waals surface area (Å²) in [7, 11) is 3.51.